The van der Waals surface area contributed by atoms with Gasteiger partial charge in [-0.3, -0.25) is 0 Å². The molecule has 2 nitrogen and oxygen atoms in total. The molecule has 286 valence electrons. The van der Waals surface area contributed by atoms with Crippen LogP contribution in [0.5, 0.6) is 11.5 Å². The van der Waals surface area contributed by atoms with Crippen molar-refractivity contribution in [3.63, 3.8) is 0 Å². The molecule has 0 heterocycles. The molecule has 7 rings (SSSR count). The zero-order valence-corrected chi connectivity index (χ0v) is 26.4. The van der Waals surface area contributed by atoms with Gasteiger partial charge < -0.3 is 9.31 Å². The zero-order chi connectivity index (χ0) is 40.8. The maximum absolute atomic E-state index is 16.1. The molecule has 7 aromatic carbocycles. The van der Waals surface area contributed by atoms with Crippen LogP contribution in [0.3, 0.4) is 0 Å². The van der Waals surface area contributed by atoms with Crippen LogP contribution >= 0.6 is 0 Å². The average molecular weight is 806 g/mol. The summed E-state index contributed by atoms with van der Waals surface area (Å²) in [5.41, 5.74) is -6.74. The molecular formula is C36H8BF17O2. The molecule has 0 N–H and O–H groups in total. The Labute approximate surface area is 299 Å². The van der Waals surface area contributed by atoms with E-state index < -0.39 is 166 Å². The van der Waals surface area contributed by atoms with E-state index in [1.165, 1.54) is 0 Å². The highest BCUT2D eigenvalue weighted by Gasteiger charge is 2.42. The number of hydrogen-bond acceptors (Lipinski definition) is 2. The summed E-state index contributed by atoms with van der Waals surface area (Å²) in [6, 6.07) is 4.84. The Morgan fingerprint density at radius 3 is 1.54 bits per heavy atom. The lowest BCUT2D eigenvalue weighted by molar-refractivity contribution is 0.366. The summed E-state index contributed by atoms with van der Waals surface area (Å²) in [5.74, 6) is -45.9. The van der Waals surface area contributed by atoms with Crippen LogP contribution in [-0.2, 0) is 0 Å². The van der Waals surface area contributed by atoms with Gasteiger partial charge in [0.25, 0.3) is 0 Å². The van der Waals surface area contributed by atoms with Crippen molar-refractivity contribution < 1.29 is 83.9 Å². The molecule has 0 atom stereocenters. The van der Waals surface area contributed by atoms with Crippen molar-refractivity contribution in [1.29, 1.82) is 0 Å². The maximum Gasteiger partial charge on any atom is 0.636 e. The molecule has 0 aliphatic heterocycles. The van der Waals surface area contributed by atoms with E-state index >= 15 is 35.1 Å². The van der Waals surface area contributed by atoms with Crippen molar-refractivity contribution in [1.82, 2.24) is 0 Å². The molecule has 0 amide bonds. The fraction of sp³-hybridized carbons (Fsp3) is 0. The molecule has 0 radical (unpaired) electrons. The lowest BCUT2D eigenvalue weighted by Gasteiger charge is -2.23. The number of fused-ring (bicyclic) bond motifs is 3. The van der Waals surface area contributed by atoms with E-state index in [0.29, 0.717) is 36.4 Å². The minimum absolute atomic E-state index is 0.338. The van der Waals surface area contributed by atoms with Gasteiger partial charge in [-0.1, -0.05) is 12.1 Å². The van der Waals surface area contributed by atoms with E-state index in [9.17, 15) is 39.5 Å². The summed E-state index contributed by atoms with van der Waals surface area (Å²) in [7, 11) is -3.33. The Hall–Kier alpha value is -6.21. The van der Waals surface area contributed by atoms with Gasteiger partial charge in [-0.05, 0) is 47.2 Å². The zero-order valence-electron chi connectivity index (χ0n) is 26.4. The Balaban J connectivity index is 1.62. The first-order chi connectivity index (χ1) is 26.4. The minimum atomic E-state index is -3.33. The molecule has 0 bridgehead atoms. The van der Waals surface area contributed by atoms with Gasteiger partial charge in [0.2, 0.25) is 17.5 Å². The average Bonchev–Trinajstić information content (AvgIpc) is 3.16. The Morgan fingerprint density at radius 2 is 0.893 bits per heavy atom. The van der Waals surface area contributed by atoms with Gasteiger partial charge in [0.1, 0.15) is 23.2 Å². The quantitative estimate of drug-likeness (QED) is 0.0548. The second-order valence-corrected chi connectivity index (χ2v) is 11.6. The van der Waals surface area contributed by atoms with Gasteiger partial charge in [-0.15, -0.1) is 0 Å². The highest BCUT2D eigenvalue weighted by atomic mass is 19.2. The van der Waals surface area contributed by atoms with Crippen molar-refractivity contribution in [2.24, 2.45) is 0 Å². The van der Waals surface area contributed by atoms with E-state index in [4.69, 9.17) is 9.31 Å². The predicted octanol–water partition coefficient (Wildman–Crippen LogP) is 11.0. The van der Waals surface area contributed by atoms with Gasteiger partial charge in [-0.25, -0.2) is 70.2 Å². The third kappa shape index (κ3) is 5.51. The predicted molar refractivity (Wildman–Crippen MR) is 163 cm³/mol. The van der Waals surface area contributed by atoms with Crippen molar-refractivity contribution in [2.45, 2.75) is 0 Å². The monoisotopic (exact) mass is 806 g/mol. The SMILES string of the molecule is Fc1ccc2c(OB(Oc3c(F)c(F)c(F)c(F)c3-c3c(F)c(F)c(F)c(F)c3F)c3c(F)c(F)c(F)c4c(F)c5c(F)cccc5cc34)ccc(F)c2c1F. The molecule has 0 saturated carbocycles. The van der Waals surface area contributed by atoms with Crippen molar-refractivity contribution in [3.8, 4) is 22.6 Å². The van der Waals surface area contributed by atoms with Gasteiger partial charge in [-0.2, -0.15) is 4.39 Å². The summed E-state index contributed by atoms with van der Waals surface area (Å²) in [6.45, 7) is 0. The lowest BCUT2D eigenvalue weighted by atomic mass is 9.74. The standard InChI is InChI=1S/C36H8BF17O2/c38-12-3-1-2-9-8-11-18(23(42)16(9)12)24(43)29(48)28(47)21(11)37(55-15-7-6-13(39)17-10(15)4-5-14(40)22(17)41)56-36-20(27(46)32(51)34(53)35(36)54)19-25(44)30(49)33(52)31(50)26(19)45/h1-8H. The minimum Gasteiger partial charge on any atom is -0.521 e. The first-order valence-corrected chi connectivity index (χ1v) is 15.0. The van der Waals surface area contributed by atoms with Gasteiger partial charge in [0.05, 0.1) is 32.7 Å². The second-order valence-electron chi connectivity index (χ2n) is 11.6. The highest BCUT2D eigenvalue weighted by Crippen LogP contribution is 2.43. The normalized spacial score (nSPS) is 11.7. The fourth-order valence-electron chi connectivity index (χ4n) is 6.01. The van der Waals surface area contributed by atoms with Crippen molar-refractivity contribution >= 4 is 44.9 Å². The maximum atomic E-state index is 16.1. The number of rotatable bonds is 6. The molecule has 56 heavy (non-hydrogen) atoms. The molecule has 0 aliphatic carbocycles. The van der Waals surface area contributed by atoms with E-state index in [-0.39, 0.29) is 0 Å². The fourth-order valence-corrected chi connectivity index (χ4v) is 6.01. The first-order valence-electron chi connectivity index (χ1n) is 15.0. The van der Waals surface area contributed by atoms with Crippen LogP contribution in [0, 0.1) is 98.9 Å². The van der Waals surface area contributed by atoms with Crippen LogP contribution in [-0.4, -0.2) is 7.12 Å². The Kier molecular flexibility index (Phi) is 9.20. The largest absolute Gasteiger partial charge is 0.636 e. The van der Waals surface area contributed by atoms with E-state index in [1.54, 1.807) is 0 Å². The third-order valence-electron chi connectivity index (χ3n) is 8.54. The second kappa shape index (κ2) is 13.5. The third-order valence-corrected chi connectivity index (χ3v) is 8.54. The van der Waals surface area contributed by atoms with E-state index in [1.807, 2.05) is 0 Å². The Morgan fingerprint density at radius 1 is 0.357 bits per heavy atom. The molecule has 20 heteroatoms. The molecule has 0 aromatic heterocycles. The number of hydrogen-bond donors (Lipinski definition) is 0. The highest BCUT2D eigenvalue weighted by molar-refractivity contribution is 6.66. The molecule has 0 unspecified atom stereocenters. The molecule has 0 fully saturated rings. The molecule has 0 saturated heterocycles. The molecule has 0 spiro atoms. The first kappa shape index (κ1) is 38.1. The summed E-state index contributed by atoms with van der Waals surface area (Å²) in [6.07, 6.45) is 0. The molecular weight excluding hydrogens is 798 g/mol. The van der Waals surface area contributed by atoms with Crippen LogP contribution in [0.25, 0.3) is 43.4 Å². The summed E-state index contributed by atoms with van der Waals surface area (Å²) >= 11 is 0. The summed E-state index contributed by atoms with van der Waals surface area (Å²) in [4.78, 5) is 0. The van der Waals surface area contributed by atoms with Crippen LogP contribution in [0.2, 0.25) is 0 Å². The number of benzene rings is 7. The lowest BCUT2D eigenvalue weighted by Crippen LogP contribution is -2.46. The van der Waals surface area contributed by atoms with Crippen LogP contribution in [0.4, 0.5) is 74.6 Å². The molecule has 0 aliphatic rings. The van der Waals surface area contributed by atoms with Gasteiger partial charge in [0.15, 0.2) is 69.7 Å². The topological polar surface area (TPSA) is 18.5 Å². The Bertz CT molecular complexity index is 2840. The van der Waals surface area contributed by atoms with Gasteiger partial charge >= 0.3 is 7.12 Å². The van der Waals surface area contributed by atoms with Crippen LogP contribution in [0.15, 0.2) is 48.5 Å². The molecule has 7 aromatic rings. The number of halogens is 17. The van der Waals surface area contributed by atoms with Crippen molar-refractivity contribution in [3.05, 3.63) is 147 Å². The van der Waals surface area contributed by atoms with Crippen LogP contribution in [0.1, 0.15) is 0 Å². The summed E-state index contributed by atoms with van der Waals surface area (Å²) in [5, 5.41) is -6.62. The van der Waals surface area contributed by atoms with Gasteiger partial charge in [0, 0.05) is 5.39 Å². The van der Waals surface area contributed by atoms with Crippen LogP contribution < -0.4 is 14.8 Å². The van der Waals surface area contributed by atoms with E-state index in [2.05, 4.69) is 0 Å². The summed E-state index contributed by atoms with van der Waals surface area (Å²) < 4.78 is 265. The van der Waals surface area contributed by atoms with E-state index in [0.717, 1.165) is 12.1 Å². The van der Waals surface area contributed by atoms with Crippen molar-refractivity contribution in [2.75, 3.05) is 0 Å². The smallest absolute Gasteiger partial charge is 0.521 e.